The van der Waals surface area contributed by atoms with Crippen LogP contribution in [0.4, 0.5) is 10.1 Å². The molecule has 8 nitrogen and oxygen atoms in total. The number of amides is 1. The third kappa shape index (κ3) is 7.89. The highest BCUT2D eigenvalue weighted by Gasteiger charge is 2.30. The Balaban J connectivity index is 0.00000141. The number of Topliss-reactive ketones (excluding diaryl/α,β-unsaturated/α-hetero) is 1. The van der Waals surface area contributed by atoms with Crippen molar-refractivity contribution in [2.45, 2.75) is 52.5 Å². The van der Waals surface area contributed by atoms with Crippen LogP contribution in [-0.2, 0) is 4.79 Å². The van der Waals surface area contributed by atoms with E-state index in [1.807, 2.05) is 13.8 Å². The number of hydrogen-bond donors (Lipinski definition) is 2. The van der Waals surface area contributed by atoms with Crippen molar-refractivity contribution in [3.8, 4) is 16.9 Å². The Kier molecular flexibility index (Phi) is 12.9. The number of aliphatic hydroxyl groups excluding tert-OH is 1. The molecule has 1 fully saturated rings. The van der Waals surface area contributed by atoms with E-state index in [0.29, 0.717) is 24.0 Å². The monoisotopic (exact) mass is 586 g/mol. The first-order chi connectivity index (χ1) is 19.7. The minimum atomic E-state index is -0.858. The van der Waals surface area contributed by atoms with Crippen molar-refractivity contribution in [1.29, 1.82) is 0 Å². The number of carbonyl (C=O) groups excluding carboxylic acids is 3. The summed E-state index contributed by atoms with van der Waals surface area (Å²) in [7, 11) is 2.36. The molecule has 1 aliphatic rings. The summed E-state index contributed by atoms with van der Waals surface area (Å²) >= 11 is 5.99. The lowest BCUT2D eigenvalue weighted by Crippen LogP contribution is -2.35. The Morgan fingerprint density at radius 3 is 2.32 bits per heavy atom. The number of rotatable bonds is 9. The van der Waals surface area contributed by atoms with E-state index in [2.05, 4.69) is 5.32 Å². The molecule has 41 heavy (non-hydrogen) atoms. The van der Waals surface area contributed by atoms with E-state index in [1.165, 1.54) is 43.0 Å². The number of hydrogen-bond acceptors (Lipinski definition) is 6. The molecular formula is C31H36ClFN2O6. The molecule has 10 heteroatoms. The number of pyridine rings is 1. The highest BCUT2D eigenvalue weighted by Crippen LogP contribution is 2.38. The predicted molar refractivity (Wildman–Crippen MR) is 159 cm³/mol. The molecule has 1 heterocycles. The summed E-state index contributed by atoms with van der Waals surface area (Å²) in [4.78, 5) is 49.9. The van der Waals surface area contributed by atoms with Crippen molar-refractivity contribution in [3.63, 3.8) is 0 Å². The summed E-state index contributed by atoms with van der Waals surface area (Å²) in [5, 5.41) is 9.62. The van der Waals surface area contributed by atoms with Gasteiger partial charge in [0.25, 0.3) is 5.56 Å². The number of nitrogens with zero attached hydrogens (tertiary/aromatic N) is 1. The van der Waals surface area contributed by atoms with E-state index in [9.17, 15) is 19.2 Å². The Hall–Kier alpha value is -3.82. The van der Waals surface area contributed by atoms with Crippen LogP contribution in [-0.4, -0.2) is 41.9 Å². The first-order valence-corrected chi connectivity index (χ1v) is 13.7. The lowest BCUT2D eigenvalue weighted by atomic mass is 9.80. The second-order valence-electron chi connectivity index (χ2n) is 9.12. The molecule has 1 aromatic heterocycles. The molecule has 1 unspecified atom stereocenters. The third-order valence-corrected chi connectivity index (χ3v) is 7.03. The number of aldehydes is 1. The first kappa shape index (κ1) is 33.4. The molecule has 3 aromatic rings. The second-order valence-corrected chi connectivity index (χ2v) is 9.53. The molecule has 220 valence electrons. The minimum absolute atomic E-state index is 0.0554. The van der Waals surface area contributed by atoms with Gasteiger partial charge < -0.3 is 15.2 Å². The molecule has 2 aromatic carbocycles. The smallest absolute Gasteiger partial charge is 0.252 e. The molecule has 1 atom stereocenters. The summed E-state index contributed by atoms with van der Waals surface area (Å²) in [6.45, 7) is 5.29. The molecule has 4 rings (SSSR count). The molecular weight excluding hydrogens is 551 g/mol. The number of halogens is 2. The fraction of sp³-hybridized carbons (Fsp3) is 0.355. The Morgan fingerprint density at radius 1 is 1.17 bits per heavy atom. The van der Waals surface area contributed by atoms with E-state index in [4.69, 9.17) is 21.4 Å². The van der Waals surface area contributed by atoms with Gasteiger partial charge in [0.15, 0.2) is 5.78 Å². The van der Waals surface area contributed by atoms with Crippen molar-refractivity contribution >= 4 is 35.3 Å². The van der Waals surface area contributed by atoms with Crippen molar-refractivity contribution in [2.75, 3.05) is 19.5 Å². The van der Waals surface area contributed by atoms with Gasteiger partial charge in [0.05, 0.1) is 18.3 Å². The number of carbonyl (C=O) groups is 3. The number of aromatic nitrogens is 1. The van der Waals surface area contributed by atoms with Gasteiger partial charge in [-0.1, -0.05) is 44.7 Å². The van der Waals surface area contributed by atoms with Gasteiger partial charge >= 0.3 is 0 Å². The van der Waals surface area contributed by atoms with Crippen molar-refractivity contribution < 1.29 is 28.6 Å². The van der Waals surface area contributed by atoms with E-state index in [0.717, 1.165) is 26.4 Å². The highest BCUT2D eigenvalue weighted by atomic mass is 35.5. The molecule has 1 aliphatic carbocycles. The number of anilines is 1. The molecule has 0 radical (unpaired) electrons. The van der Waals surface area contributed by atoms with Gasteiger partial charge in [0, 0.05) is 41.1 Å². The fourth-order valence-corrected chi connectivity index (χ4v) is 4.66. The quantitative estimate of drug-likeness (QED) is 0.223. The predicted octanol–water partition coefficient (Wildman–Crippen LogP) is 6.34. The van der Waals surface area contributed by atoms with Crippen LogP contribution in [0.15, 0.2) is 53.5 Å². The van der Waals surface area contributed by atoms with Crippen LogP contribution in [0.1, 0.15) is 73.2 Å². The Bertz CT molecular complexity index is 1420. The van der Waals surface area contributed by atoms with E-state index in [1.54, 1.807) is 24.3 Å². The van der Waals surface area contributed by atoms with Gasteiger partial charge in [0.2, 0.25) is 5.91 Å². The standard InChI is InChI=1S/C28H26ClFN2O5.C2H6.CH4O/c1-16(34)20-10-11-22(29)27(30)26(20)21-13-25(35)32(14-24(21)37-2)23(12-17-4-3-5-17)28(36)31-19-8-6-18(15-33)7-9-19;2*1-2/h6-11,13-15,17,23H,3-5,12H2,1-2H3,(H,31,36);1-2H3;2H,1H3. The average Bonchev–Trinajstić information content (AvgIpc) is 2.96. The van der Waals surface area contributed by atoms with Crippen LogP contribution in [0.3, 0.4) is 0 Å². The average molecular weight is 587 g/mol. The number of aliphatic hydroxyl groups is 1. The lowest BCUT2D eigenvalue weighted by Gasteiger charge is -2.30. The maximum Gasteiger partial charge on any atom is 0.252 e. The molecule has 0 bridgehead atoms. The summed E-state index contributed by atoms with van der Waals surface area (Å²) in [5.74, 6) is -1.25. The maximum absolute atomic E-state index is 15.1. The van der Waals surface area contributed by atoms with Crippen LogP contribution < -0.4 is 15.6 Å². The van der Waals surface area contributed by atoms with E-state index < -0.39 is 29.1 Å². The topological polar surface area (TPSA) is 115 Å². The van der Waals surface area contributed by atoms with Gasteiger partial charge in [-0.2, -0.15) is 0 Å². The Morgan fingerprint density at radius 2 is 1.80 bits per heavy atom. The zero-order valence-electron chi connectivity index (χ0n) is 23.9. The summed E-state index contributed by atoms with van der Waals surface area (Å²) in [6, 6.07) is 9.38. The normalized spacial score (nSPS) is 12.9. The van der Waals surface area contributed by atoms with E-state index >= 15 is 4.39 Å². The Labute approximate surface area is 244 Å². The van der Waals surface area contributed by atoms with Crippen molar-refractivity contribution in [1.82, 2.24) is 4.57 Å². The maximum atomic E-state index is 15.1. The lowest BCUT2D eigenvalue weighted by molar-refractivity contribution is -0.120. The van der Waals surface area contributed by atoms with Crippen LogP contribution in [0.5, 0.6) is 5.75 Å². The highest BCUT2D eigenvalue weighted by molar-refractivity contribution is 6.31. The number of ketones is 1. The minimum Gasteiger partial charge on any atom is -0.495 e. The molecule has 1 amide bonds. The van der Waals surface area contributed by atoms with E-state index in [-0.39, 0.29) is 33.4 Å². The number of nitrogens with one attached hydrogen (secondary N) is 1. The van der Waals surface area contributed by atoms with Gasteiger partial charge in [0.1, 0.15) is 23.9 Å². The van der Waals surface area contributed by atoms with Crippen LogP contribution in [0, 0.1) is 11.7 Å². The molecule has 1 saturated carbocycles. The molecule has 0 aliphatic heterocycles. The number of methoxy groups -OCH3 is 1. The van der Waals surface area contributed by atoms with Gasteiger partial charge in [-0.15, -0.1) is 0 Å². The van der Waals surface area contributed by atoms with Gasteiger partial charge in [-0.05, 0) is 55.7 Å². The first-order valence-electron chi connectivity index (χ1n) is 13.3. The molecule has 0 spiro atoms. The fourth-order valence-electron chi connectivity index (χ4n) is 4.50. The zero-order valence-corrected chi connectivity index (χ0v) is 24.6. The molecule has 0 saturated heterocycles. The zero-order chi connectivity index (χ0) is 30.7. The summed E-state index contributed by atoms with van der Waals surface area (Å²) < 4.78 is 21.9. The summed E-state index contributed by atoms with van der Waals surface area (Å²) in [6.07, 6.45) is 5.49. The second kappa shape index (κ2) is 15.8. The number of benzene rings is 2. The van der Waals surface area contributed by atoms with Crippen molar-refractivity contribution in [3.05, 3.63) is 81.0 Å². The van der Waals surface area contributed by atoms with Crippen molar-refractivity contribution in [2.24, 2.45) is 5.92 Å². The van der Waals surface area contributed by atoms with Gasteiger partial charge in [-0.3, -0.25) is 23.7 Å². The molecule has 2 N–H and O–H groups in total. The van der Waals surface area contributed by atoms with Crippen LogP contribution >= 0.6 is 11.6 Å². The third-order valence-electron chi connectivity index (χ3n) is 6.74. The summed E-state index contributed by atoms with van der Waals surface area (Å²) in [5.41, 5.74) is 0.398. The van der Waals surface area contributed by atoms with Gasteiger partial charge in [-0.25, -0.2) is 4.39 Å². The SMILES string of the molecule is CC.CO.COc1cn(C(CC2CCC2)C(=O)Nc2ccc(C=O)cc2)c(=O)cc1-c1c(C(C)=O)ccc(Cl)c1F. The number of ether oxygens (including phenoxy) is 1. The largest absolute Gasteiger partial charge is 0.495 e. The van der Waals surface area contributed by atoms with Crippen LogP contribution in [0.2, 0.25) is 5.02 Å². The van der Waals surface area contributed by atoms with Crippen LogP contribution in [0.25, 0.3) is 11.1 Å².